The average Bonchev–Trinajstić information content (AvgIpc) is 2.68. The highest BCUT2D eigenvalue weighted by Gasteiger charge is 2.08. The van der Waals surface area contributed by atoms with Gasteiger partial charge in [-0.1, -0.05) is 55.1 Å². The molecule has 0 aliphatic heterocycles. The zero-order valence-electron chi connectivity index (χ0n) is 15.3. The zero-order valence-corrected chi connectivity index (χ0v) is 15.3. The molecular formula is C22H21N3O3. The summed E-state index contributed by atoms with van der Waals surface area (Å²) in [6.07, 6.45) is 1.90. The molecule has 0 atom stereocenters. The zero-order chi connectivity index (χ0) is 19.9. The normalized spacial score (nSPS) is 11.4. The van der Waals surface area contributed by atoms with Crippen molar-refractivity contribution in [3.8, 4) is 0 Å². The molecule has 3 aromatic rings. The van der Waals surface area contributed by atoms with Crippen LogP contribution < -0.4 is 11.2 Å². The molecule has 0 aliphatic carbocycles. The van der Waals surface area contributed by atoms with Gasteiger partial charge in [0.2, 0.25) is 5.62 Å². The number of nitrogens with zero attached hydrogens (tertiary/aromatic N) is 1. The van der Waals surface area contributed by atoms with Crippen molar-refractivity contribution < 1.29 is 9.90 Å². The number of carboxylic acid groups (broad SMARTS) is 1. The summed E-state index contributed by atoms with van der Waals surface area (Å²) in [5.74, 6) is -0.932. The van der Waals surface area contributed by atoms with Gasteiger partial charge in [0.05, 0.1) is 11.3 Å². The van der Waals surface area contributed by atoms with E-state index in [0.717, 1.165) is 16.8 Å². The van der Waals surface area contributed by atoms with E-state index in [9.17, 15) is 14.7 Å². The summed E-state index contributed by atoms with van der Waals surface area (Å²) in [6, 6.07) is 17.9. The second kappa shape index (κ2) is 8.81. The van der Waals surface area contributed by atoms with E-state index in [0.29, 0.717) is 36.1 Å². The quantitative estimate of drug-likeness (QED) is 0.592. The lowest BCUT2D eigenvalue weighted by Crippen LogP contribution is -2.24. The first-order valence-electron chi connectivity index (χ1n) is 8.96. The van der Waals surface area contributed by atoms with Crippen LogP contribution in [-0.2, 0) is 12.8 Å². The van der Waals surface area contributed by atoms with Gasteiger partial charge in [0.25, 0.3) is 5.56 Å². The van der Waals surface area contributed by atoms with Crippen molar-refractivity contribution in [3.05, 3.63) is 106 Å². The molecule has 0 saturated heterocycles. The van der Waals surface area contributed by atoms with Crippen molar-refractivity contribution in [3.63, 3.8) is 0 Å². The molecule has 28 heavy (non-hydrogen) atoms. The predicted octanol–water partition coefficient (Wildman–Crippen LogP) is 3.15. The molecule has 0 fully saturated rings. The number of H-pyrrole nitrogens is 2. The number of hydrogen-bond acceptors (Lipinski definition) is 3. The lowest BCUT2D eigenvalue weighted by Gasteiger charge is -2.06. The lowest BCUT2D eigenvalue weighted by atomic mass is 10.0. The van der Waals surface area contributed by atoms with Crippen LogP contribution in [0.2, 0.25) is 0 Å². The summed E-state index contributed by atoms with van der Waals surface area (Å²) in [4.78, 5) is 33.4. The molecule has 0 amide bonds. The molecule has 1 aromatic heterocycles. The van der Waals surface area contributed by atoms with Crippen LogP contribution >= 0.6 is 0 Å². The fraction of sp³-hybridized carbons (Fsp3) is 0.136. The Balaban J connectivity index is 1.74. The summed E-state index contributed by atoms with van der Waals surface area (Å²) < 4.78 is 0. The maximum atomic E-state index is 12.0. The number of carbonyl (C=O) groups is 1. The first kappa shape index (κ1) is 19.1. The van der Waals surface area contributed by atoms with Gasteiger partial charge in [-0.25, -0.2) is 9.79 Å². The minimum atomic E-state index is -0.932. The highest BCUT2D eigenvalue weighted by molar-refractivity contribution is 5.89. The van der Waals surface area contributed by atoms with Crippen LogP contribution in [0.1, 0.15) is 33.6 Å². The maximum Gasteiger partial charge on any atom is 0.335 e. The van der Waals surface area contributed by atoms with Crippen LogP contribution in [0.15, 0.2) is 77.0 Å². The van der Waals surface area contributed by atoms with E-state index in [1.165, 1.54) is 6.07 Å². The Bertz CT molecular complexity index is 1110. The monoisotopic (exact) mass is 375 g/mol. The first-order chi connectivity index (χ1) is 13.5. The largest absolute Gasteiger partial charge is 0.478 e. The molecule has 2 aromatic carbocycles. The Hall–Kier alpha value is -3.67. The van der Waals surface area contributed by atoms with Crippen molar-refractivity contribution in [2.75, 3.05) is 0 Å². The summed E-state index contributed by atoms with van der Waals surface area (Å²) in [6.45, 7) is 3.94. The lowest BCUT2D eigenvalue weighted by molar-refractivity contribution is 0.0695. The minimum absolute atomic E-state index is 0.251. The standard InChI is InChI=1S/C22H21N3O3/c1-15(16-8-3-2-4-9-16)23-22-24-18(14-20(26)25-22)12-7-11-17-10-5-6-13-19(17)21(27)28/h2-6,8-10,13-14H,1,7,11-12H2,(H,27,28)(H2,23,24,25,26). The van der Waals surface area contributed by atoms with Crippen LogP contribution in [-0.4, -0.2) is 21.0 Å². The molecule has 6 heteroatoms. The number of aryl methyl sites for hydroxylation is 2. The van der Waals surface area contributed by atoms with Crippen molar-refractivity contribution >= 4 is 11.7 Å². The van der Waals surface area contributed by atoms with Gasteiger partial charge in [0.1, 0.15) is 0 Å². The SMILES string of the molecule is C=C(/N=c1/[nH]c(CCCc2ccccc2C(=O)O)cc(=O)[nH]1)c1ccccc1. The van der Waals surface area contributed by atoms with E-state index in [4.69, 9.17) is 0 Å². The van der Waals surface area contributed by atoms with E-state index < -0.39 is 5.97 Å². The van der Waals surface area contributed by atoms with Crippen molar-refractivity contribution in [2.24, 2.45) is 4.99 Å². The van der Waals surface area contributed by atoms with E-state index in [-0.39, 0.29) is 5.56 Å². The first-order valence-corrected chi connectivity index (χ1v) is 8.96. The van der Waals surface area contributed by atoms with Gasteiger partial charge in [-0.3, -0.25) is 9.78 Å². The smallest absolute Gasteiger partial charge is 0.335 e. The van der Waals surface area contributed by atoms with Crippen molar-refractivity contribution in [2.45, 2.75) is 19.3 Å². The van der Waals surface area contributed by atoms with E-state index in [1.54, 1.807) is 12.1 Å². The Labute approximate surface area is 161 Å². The highest BCUT2D eigenvalue weighted by atomic mass is 16.4. The molecule has 6 nitrogen and oxygen atoms in total. The molecule has 0 aliphatic rings. The second-order valence-electron chi connectivity index (χ2n) is 6.37. The van der Waals surface area contributed by atoms with Gasteiger partial charge in [-0.05, 0) is 36.5 Å². The Morgan fingerprint density at radius 2 is 1.71 bits per heavy atom. The number of aromatic carboxylic acids is 1. The molecule has 3 rings (SSSR count). The summed E-state index contributed by atoms with van der Waals surface area (Å²) in [7, 11) is 0. The number of carboxylic acids is 1. The highest BCUT2D eigenvalue weighted by Crippen LogP contribution is 2.13. The third-order valence-corrected chi connectivity index (χ3v) is 4.32. The van der Waals surface area contributed by atoms with Crippen LogP contribution in [0, 0.1) is 0 Å². The van der Waals surface area contributed by atoms with Crippen LogP contribution in [0.25, 0.3) is 5.70 Å². The summed E-state index contributed by atoms with van der Waals surface area (Å²) in [5.41, 5.74) is 3.32. The second-order valence-corrected chi connectivity index (χ2v) is 6.37. The maximum absolute atomic E-state index is 12.0. The average molecular weight is 375 g/mol. The minimum Gasteiger partial charge on any atom is -0.478 e. The molecule has 0 unspecified atom stereocenters. The van der Waals surface area contributed by atoms with E-state index in [2.05, 4.69) is 21.5 Å². The molecule has 0 bridgehead atoms. The molecular weight excluding hydrogens is 354 g/mol. The van der Waals surface area contributed by atoms with Gasteiger partial charge >= 0.3 is 5.97 Å². The molecule has 1 heterocycles. The fourth-order valence-electron chi connectivity index (χ4n) is 2.97. The number of aromatic amines is 2. The number of hydrogen-bond donors (Lipinski definition) is 3. The van der Waals surface area contributed by atoms with Gasteiger partial charge in [-0.2, -0.15) is 0 Å². The van der Waals surface area contributed by atoms with Gasteiger partial charge < -0.3 is 10.1 Å². The third kappa shape index (κ3) is 4.94. The fourth-order valence-corrected chi connectivity index (χ4v) is 2.97. The van der Waals surface area contributed by atoms with Crippen LogP contribution in [0.5, 0.6) is 0 Å². The molecule has 3 N–H and O–H groups in total. The number of nitrogens with one attached hydrogen (secondary N) is 2. The summed E-state index contributed by atoms with van der Waals surface area (Å²) in [5, 5.41) is 9.26. The molecule has 0 spiro atoms. The number of benzene rings is 2. The van der Waals surface area contributed by atoms with Crippen molar-refractivity contribution in [1.29, 1.82) is 0 Å². The van der Waals surface area contributed by atoms with Crippen LogP contribution in [0.3, 0.4) is 0 Å². The predicted molar refractivity (Wildman–Crippen MR) is 108 cm³/mol. The molecule has 0 radical (unpaired) electrons. The third-order valence-electron chi connectivity index (χ3n) is 4.32. The number of aromatic nitrogens is 2. The van der Waals surface area contributed by atoms with E-state index >= 15 is 0 Å². The molecule has 0 saturated carbocycles. The number of rotatable bonds is 7. The van der Waals surface area contributed by atoms with Gasteiger partial charge in [0.15, 0.2) is 0 Å². The Kier molecular flexibility index (Phi) is 6.01. The van der Waals surface area contributed by atoms with Crippen molar-refractivity contribution in [1.82, 2.24) is 9.97 Å². The Morgan fingerprint density at radius 1 is 1.00 bits per heavy atom. The summed E-state index contributed by atoms with van der Waals surface area (Å²) >= 11 is 0. The topological polar surface area (TPSA) is 98.3 Å². The van der Waals surface area contributed by atoms with Gasteiger partial charge in [0, 0.05) is 11.8 Å². The van der Waals surface area contributed by atoms with Crippen LogP contribution in [0.4, 0.5) is 0 Å². The van der Waals surface area contributed by atoms with Gasteiger partial charge in [-0.15, -0.1) is 0 Å². The molecule has 142 valence electrons. The Morgan fingerprint density at radius 3 is 2.46 bits per heavy atom. The van der Waals surface area contributed by atoms with E-state index in [1.807, 2.05) is 42.5 Å².